The highest BCUT2D eigenvalue weighted by Gasteiger charge is 2.29. The maximum atomic E-state index is 6.13. The molecule has 2 nitrogen and oxygen atoms in total. The standard InChI is InChI=1S/C19H24N2/c1-14-6-5-7-16(12-14)21(2)19(13-20)18-9-4-3-8-17(18)15-10-11-15/h3-9,12,15,19H,10-11,13,20H2,1-2H3. The summed E-state index contributed by atoms with van der Waals surface area (Å²) in [5, 5.41) is 0. The Morgan fingerprint density at radius 1 is 1.14 bits per heavy atom. The number of hydrogen-bond acceptors (Lipinski definition) is 2. The van der Waals surface area contributed by atoms with Crippen molar-refractivity contribution in [3.05, 3.63) is 65.2 Å². The zero-order valence-corrected chi connectivity index (χ0v) is 12.9. The number of benzene rings is 2. The van der Waals surface area contributed by atoms with Gasteiger partial charge in [-0.3, -0.25) is 0 Å². The van der Waals surface area contributed by atoms with Gasteiger partial charge < -0.3 is 10.6 Å². The van der Waals surface area contributed by atoms with Gasteiger partial charge in [-0.1, -0.05) is 36.4 Å². The van der Waals surface area contributed by atoms with Crippen LogP contribution < -0.4 is 10.6 Å². The second kappa shape index (κ2) is 5.90. The molecular weight excluding hydrogens is 256 g/mol. The van der Waals surface area contributed by atoms with Crippen molar-refractivity contribution in [2.45, 2.75) is 31.7 Å². The van der Waals surface area contributed by atoms with E-state index in [9.17, 15) is 0 Å². The molecule has 0 saturated heterocycles. The molecule has 0 radical (unpaired) electrons. The highest BCUT2D eigenvalue weighted by Crippen LogP contribution is 2.43. The number of anilines is 1. The van der Waals surface area contributed by atoms with Crippen molar-refractivity contribution in [3.63, 3.8) is 0 Å². The molecule has 2 N–H and O–H groups in total. The Morgan fingerprint density at radius 3 is 2.57 bits per heavy atom. The lowest BCUT2D eigenvalue weighted by atomic mass is 9.96. The van der Waals surface area contributed by atoms with Crippen LogP contribution in [0.1, 0.15) is 41.5 Å². The lowest BCUT2D eigenvalue weighted by Gasteiger charge is -2.31. The summed E-state index contributed by atoms with van der Waals surface area (Å²) in [5.41, 5.74) is 11.5. The molecule has 1 aliphatic rings. The van der Waals surface area contributed by atoms with Crippen molar-refractivity contribution in [1.29, 1.82) is 0 Å². The van der Waals surface area contributed by atoms with E-state index in [4.69, 9.17) is 5.73 Å². The summed E-state index contributed by atoms with van der Waals surface area (Å²) in [6.07, 6.45) is 2.64. The molecule has 1 saturated carbocycles. The van der Waals surface area contributed by atoms with Crippen molar-refractivity contribution in [2.75, 3.05) is 18.5 Å². The van der Waals surface area contributed by atoms with Crippen LogP contribution in [0.3, 0.4) is 0 Å². The van der Waals surface area contributed by atoms with Gasteiger partial charge in [-0.25, -0.2) is 0 Å². The van der Waals surface area contributed by atoms with E-state index in [0.29, 0.717) is 6.54 Å². The fourth-order valence-electron chi connectivity index (χ4n) is 3.10. The van der Waals surface area contributed by atoms with E-state index in [1.165, 1.54) is 35.2 Å². The van der Waals surface area contributed by atoms with Crippen LogP contribution in [-0.4, -0.2) is 13.6 Å². The number of likely N-dealkylation sites (N-methyl/N-ethyl adjacent to an activating group) is 1. The average molecular weight is 280 g/mol. The molecule has 0 heterocycles. The van der Waals surface area contributed by atoms with Crippen LogP contribution >= 0.6 is 0 Å². The van der Waals surface area contributed by atoms with E-state index in [2.05, 4.69) is 67.4 Å². The highest BCUT2D eigenvalue weighted by atomic mass is 15.1. The molecule has 0 spiro atoms. The minimum absolute atomic E-state index is 0.239. The molecule has 0 bridgehead atoms. The third-order valence-corrected chi connectivity index (χ3v) is 4.47. The molecule has 2 aromatic carbocycles. The minimum Gasteiger partial charge on any atom is -0.366 e. The Hall–Kier alpha value is -1.80. The van der Waals surface area contributed by atoms with E-state index < -0.39 is 0 Å². The van der Waals surface area contributed by atoms with E-state index in [-0.39, 0.29) is 6.04 Å². The SMILES string of the molecule is Cc1cccc(N(C)C(CN)c2ccccc2C2CC2)c1. The lowest BCUT2D eigenvalue weighted by molar-refractivity contribution is 0.672. The molecular formula is C19H24N2. The molecule has 2 heteroatoms. The van der Waals surface area contributed by atoms with Crippen LogP contribution in [0.25, 0.3) is 0 Å². The van der Waals surface area contributed by atoms with Gasteiger partial charge in [-0.15, -0.1) is 0 Å². The van der Waals surface area contributed by atoms with Gasteiger partial charge in [-0.05, 0) is 54.5 Å². The van der Waals surface area contributed by atoms with E-state index in [1.54, 1.807) is 0 Å². The van der Waals surface area contributed by atoms with Gasteiger partial charge in [0.15, 0.2) is 0 Å². The lowest BCUT2D eigenvalue weighted by Crippen LogP contribution is -2.31. The van der Waals surface area contributed by atoms with Crippen molar-refractivity contribution in [3.8, 4) is 0 Å². The maximum Gasteiger partial charge on any atom is 0.0664 e. The average Bonchev–Trinajstić information content (AvgIpc) is 3.33. The number of rotatable bonds is 5. The summed E-state index contributed by atoms with van der Waals surface area (Å²) in [6.45, 7) is 2.76. The van der Waals surface area contributed by atoms with E-state index in [0.717, 1.165) is 5.92 Å². The molecule has 2 aromatic rings. The molecule has 110 valence electrons. The predicted molar refractivity (Wildman–Crippen MR) is 89.8 cm³/mol. The van der Waals surface area contributed by atoms with Crippen molar-refractivity contribution in [2.24, 2.45) is 5.73 Å². The summed E-state index contributed by atoms with van der Waals surface area (Å²) >= 11 is 0. The van der Waals surface area contributed by atoms with E-state index >= 15 is 0 Å². The van der Waals surface area contributed by atoms with Gasteiger partial charge in [0.25, 0.3) is 0 Å². The molecule has 0 aliphatic heterocycles. The van der Waals surface area contributed by atoms with Gasteiger partial charge in [0, 0.05) is 19.3 Å². The van der Waals surface area contributed by atoms with Crippen molar-refractivity contribution < 1.29 is 0 Å². The normalized spacial score (nSPS) is 15.8. The van der Waals surface area contributed by atoms with Crippen LogP contribution in [0, 0.1) is 6.92 Å². The maximum absolute atomic E-state index is 6.13. The first-order chi connectivity index (χ1) is 10.2. The Balaban J connectivity index is 1.94. The Labute approximate surface area is 127 Å². The van der Waals surface area contributed by atoms with Crippen molar-refractivity contribution >= 4 is 5.69 Å². The third kappa shape index (κ3) is 2.96. The van der Waals surface area contributed by atoms with Crippen molar-refractivity contribution in [1.82, 2.24) is 0 Å². The molecule has 0 amide bonds. The fraction of sp³-hybridized carbons (Fsp3) is 0.368. The van der Waals surface area contributed by atoms with Gasteiger partial charge in [0.1, 0.15) is 0 Å². The molecule has 1 fully saturated rings. The Bertz CT molecular complexity index is 616. The summed E-state index contributed by atoms with van der Waals surface area (Å²) in [6, 6.07) is 17.7. The zero-order valence-electron chi connectivity index (χ0n) is 12.9. The summed E-state index contributed by atoms with van der Waals surface area (Å²) in [5.74, 6) is 0.751. The van der Waals surface area contributed by atoms with Gasteiger partial charge in [-0.2, -0.15) is 0 Å². The highest BCUT2D eigenvalue weighted by molar-refractivity contribution is 5.51. The second-order valence-corrected chi connectivity index (χ2v) is 6.10. The predicted octanol–water partition coefficient (Wildman–Crippen LogP) is 4.01. The van der Waals surface area contributed by atoms with Crippen LogP contribution in [0.4, 0.5) is 5.69 Å². The second-order valence-electron chi connectivity index (χ2n) is 6.10. The van der Waals surface area contributed by atoms with Crippen LogP contribution in [0.5, 0.6) is 0 Å². The first kappa shape index (κ1) is 14.2. The largest absolute Gasteiger partial charge is 0.366 e. The van der Waals surface area contributed by atoms with Gasteiger partial charge in [0.05, 0.1) is 6.04 Å². The fourth-order valence-corrected chi connectivity index (χ4v) is 3.10. The van der Waals surface area contributed by atoms with Crippen LogP contribution in [-0.2, 0) is 0 Å². The molecule has 21 heavy (non-hydrogen) atoms. The quantitative estimate of drug-likeness (QED) is 0.896. The zero-order chi connectivity index (χ0) is 14.8. The minimum atomic E-state index is 0.239. The van der Waals surface area contributed by atoms with Gasteiger partial charge in [0.2, 0.25) is 0 Å². The molecule has 1 atom stereocenters. The Morgan fingerprint density at radius 2 is 1.90 bits per heavy atom. The first-order valence-electron chi connectivity index (χ1n) is 7.79. The topological polar surface area (TPSA) is 29.3 Å². The first-order valence-corrected chi connectivity index (χ1v) is 7.79. The number of hydrogen-bond donors (Lipinski definition) is 1. The summed E-state index contributed by atoms with van der Waals surface area (Å²) in [4.78, 5) is 2.31. The van der Waals surface area contributed by atoms with E-state index in [1.807, 2.05) is 0 Å². The number of nitrogens with zero attached hydrogens (tertiary/aromatic N) is 1. The van der Waals surface area contributed by atoms with Gasteiger partial charge >= 0.3 is 0 Å². The summed E-state index contributed by atoms with van der Waals surface area (Å²) in [7, 11) is 2.15. The number of aryl methyl sites for hydroxylation is 1. The molecule has 1 aliphatic carbocycles. The third-order valence-electron chi connectivity index (χ3n) is 4.47. The van der Waals surface area contributed by atoms with Crippen LogP contribution in [0.15, 0.2) is 48.5 Å². The molecule has 1 unspecified atom stereocenters. The van der Waals surface area contributed by atoms with Crippen LogP contribution in [0.2, 0.25) is 0 Å². The monoisotopic (exact) mass is 280 g/mol. The molecule has 3 rings (SSSR count). The molecule has 0 aromatic heterocycles. The Kier molecular flexibility index (Phi) is 3.98. The number of nitrogens with two attached hydrogens (primary N) is 1. The smallest absolute Gasteiger partial charge is 0.0664 e. The summed E-state index contributed by atoms with van der Waals surface area (Å²) < 4.78 is 0.